The number of hydrogen-bond acceptors (Lipinski definition) is 5. The molecule has 0 saturated carbocycles. The van der Waals surface area contributed by atoms with E-state index in [2.05, 4.69) is 21.5 Å². The van der Waals surface area contributed by atoms with E-state index in [-0.39, 0.29) is 18.1 Å². The van der Waals surface area contributed by atoms with Crippen LogP contribution >= 0.6 is 23.2 Å². The number of nitrogen functional groups attached to an aromatic ring is 1. The van der Waals surface area contributed by atoms with Crippen LogP contribution in [0.2, 0.25) is 10.0 Å². The second-order valence-corrected chi connectivity index (χ2v) is 7.69. The highest BCUT2D eigenvalue weighted by molar-refractivity contribution is 6.36. The van der Waals surface area contributed by atoms with Crippen molar-refractivity contribution < 1.29 is 0 Å². The highest BCUT2D eigenvalue weighted by atomic mass is 35.5. The lowest BCUT2D eigenvalue weighted by Gasteiger charge is -2.33. The molecule has 0 aliphatic carbocycles. The third-order valence-corrected chi connectivity index (χ3v) is 5.70. The number of likely N-dealkylation sites (tertiary alicyclic amines) is 1. The number of halogens is 2. The number of nitrogens with two attached hydrogens (primary N) is 2. The van der Waals surface area contributed by atoms with E-state index < -0.39 is 0 Å². The number of hydrogen-bond donors (Lipinski definition) is 3. The maximum atomic E-state index is 12.3. The van der Waals surface area contributed by atoms with Crippen molar-refractivity contribution in [1.82, 2.24) is 14.5 Å². The van der Waals surface area contributed by atoms with Crippen molar-refractivity contribution in [3.8, 4) is 0 Å². The van der Waals surface area contributed by atoms with E-state index in [1.165, 1.54) is 10.8 Å². The summed E-state index contributed by atoms with van der Waals surface area (Å²) in [6.07, 6.45) is 3.71. The molecule has 1 aliphatic rings. The maximum Gasteiger partial charge on any atom is 0.327 e. The molecule has 0 spiro atoms. The zero-order valence-electron chi connectivity index (χ0n) is 15.5. The van der Waals surface area contributed by atoms with Crippen LogP contribution in [-0.4, -0.2) is 40.3 Å². The van der Waals surface area contributed by atoms with E-state index in [4.69, 9.17) is 34.7 Å². The van der Waals surface area contributed by atoms with E-state index in [0.29, 0.717) is 39.6 Å². The molecule has 0 amide bonds. The first-order valence-corrected chi connectivity index (χ1v) is 9.85. The summed E-state index contributed by atoms with van der Waals surface area (Å²) in [6, 6.07) is 5.18. The molecule has 1 atom stereocenters. The zero-order chi connectivity index (χ0) is 20.3. The number of benzene rings is 1. The highest BCUT2D eigenvalue weighted by Crippen LogP contribution is 2.25. The standard InChI is InChI=1S/C19H24Cl2N6O/c1-12(26-7-3-4-13(8-22)10-26)24-9-17-18(23)27(19(28)25-17)11-14-15(20)5-2-6-16(14)21/h2,5-6,9,13H,1,3-4,7-8,10-11,22-23H2,(H,25,28)/b24-9-. The molecule has 1 aromatic carbocycles. The molecule has 0 radical (unpaired) electrons. The summed E-state index contributed by atoms with van der Waals surface area (Å²) in [5.74, 6) is 1.34. The number of aliphatic imine (C=N–C) groups is 1. The molecular formula is C19H24Cl2N6O. The van der Waals surface area contributed by atoms with Gasteiger partial charge in [-0.2, -0.15) is 0 Å². The van der Waals surface area contributed by atoms with E-state index in [9.17, 15) is 4.79 Å². The average molecular weight is 423 g/mol. The number of piperidine rings is 1. The van der Waals surface area contributed by atoms with Crippen LogP contribution in [0.1, 0.15) is 24.1 Å². The Hall–Kier alpha value is -2.22. The predicted molar refractivity (Wildman–Crippen MR) is 115 cm³/mol. The van der Waals surface area contributed by atoms with Crippen molar-refractivity contribution in [2.75, 3.05) is 25.4 Å². The Morgan fingerprint density at radius 2 is 2.11 bits per heavy atom. The third-order valence-electron chi connectivity index (χ3n) is 4.99. The van der Waals surface area contributed by atoms with E-state index in [1.807, 2.05) is 0 Å². The van der Waals surface area contributed by atoms with Crippen LogP contribution in [0.25, 0.3) is 0 Å². The third kappa shape index (κ3) is 4.43. The highest BCUT2D eigenvalue weighted by Gasteiger charge is 2.19. The molecule has 1 saturated heterocycles. The molecule has 1 fully saturated rings. The fraction of sp³-hybridized carbons (Fsp3) is 0.368. The number of imidazole rings is 1. The number of anilines is 1. The molecule has 150 valence electrons. The minimum Gasteiger partial charge on any atom is -0.383 e. The maximum absolute atomic E-state index is 12.3. The fourth-order valence-electron chi connectivity index (χ4n) is 3.31. The zero-order valence-corrected chi connectivity index (χ0v) is 17.0. The van der Waals surface area contributed by atoms with Crippen molar-refractivity contribution in [3.05, 3.63) is 62.4 Å². The van der Waals surface area contributed by atoms with Crippen LogP contribution in [0.3, 0.4) is 0 Å². The lowest BCUT2D eigenvalue weighted by atomic mass is 9.98. The van der Waals surface area contributed by atoms with Crippen LogP contribution in [-0.2, 0) is 6.54 Å². The molecule has 1 unspecified atom stereocenters. The number of rotatable bonds is 6. The van der Waals surface area contributed by atoms with Crippen LogP contribution in [0.5, 0.6) is 0 Å². The lowest BCUT2D eigenvalue weighted by Crippen LogP contribution is -2.37. The Morgan fingerprint density at radius 1 is 1.39 bits per heavy atom. The summed E-state index contributed by atoms with van der Waals surface area (Å²) < 4.78 is 1.38. The SMILES string of the molecule is C=C(/N=C\c1[nH]c(=O)n(Cc2c(Cl)cccc2Cl)c1N)N1CCCC(CN)C1. The molecule has 28 heavy (non-hydrogen) atoms. The molecular weight excluding hydrogens is 399 g/mol. The van der Waals surface area contributed by atoms with Crippen LogP contribution in [0.4, 0.5) is 5.82 Å². The second kappa shape index (κ2) is 8.86. The topological polar surface area (TPSA) is 105 Å². The summed E-state index contributed by atoms with van der Waals surface area (Å²) in [5, 5.41) is 0.950. The molecule has 5 N–H and O–H groups in total. The lowest BCUT2D eigenvalue weighted by molar-refractivity contribution is 0.221. The van der Waals surface area contributed by atoms with Gasteiger partial charge in [-0.25, -0.2) is 9.79 Å². The summed E-state index contributed by atoms with van der Waals surface area (Å²) in [6.45, 7) is 6.58. The Kier molecular flexibility index (Phi) is 6.49. The van der Waals surface area contributed by atoms with Crippen molar-refractivity contribution in [3.63, 3.8) is 0 Å². The van der Waals surface area contributed by atoms with Gasteiger partial charge in [0.05, 0.1) is 12.8 Å². The van der Waals surface area contributed by atoms with Crippen LogP contribution in [0.15, 0.2) is 40.4 Å². The monoisotopic (exact) mass is 422 g/mol. The minimum absolute atomic E-state index is 0.165. The largest absolute Gasteiger partial charge is 0.383 e. The van der Waals surface area contributed by atoms with Gasteiger partial charge in [-0.15, -0.1) is 0 Å². The molecule has 0 bridgehead atoms. The Balaban J connectivity index is 1.77. The van der Waals surface area contributed by atoms with Gasteiger partial charge < -0.3 is 21.4 Å². The van der Waals surface area contributed by atoms with E-state index in [1.54, 1.807) is 18.2 Å². The first kappa shape index (κ1) is 20.5. The van der Waals surface area contributed by atoms with E-state index in [0.717, 1.165) is 25.9 Å². The van der Waals surface area contributed by atoms with Gasteiger partial charge in [-0.05, 0) is 37.4 Å². The Bertz CT molecular complexity index is 928. The number of nitrogens with one attached hydrogen (secondary N) is 1. The summed E-state index contributed by atoms with van der Waals surface area (Å²) in [5.41, 5.74) is 12.6. The van der Waals surface area contributed by atoms with Gasteiger partial charge in [-0.1, -0.05) is 35.8 Å². The van der Waals surface area contributed by atoms with Crippen LogP contribution in [0, 0.1) is 5.92 Å². The summed E-state index contributed by atoms with van der Waals surface area (Å²) in [7, 11) is 0. The number of aromatic nitrogens is 2. The van der Waals surface area contributed by atoms with Crippen LogP contribution < -0.4 is 17.2 Å². The quantitative estimate of drug-likeness (QED) is 0.622. The predicted octanol–water partition coefficient (Wildman–Crippen LogP) is 2.67. The van der Waals surface area contributed by atoms with Gasteiger partial charge in [-0.3, -0.25) is 4.57 Å². The van der Waals surface area contributed by atoms with Gasteiger partial charge in [0.25, 0.3) is 0 Å². The van der Waals surface area contributed by atoms with Crippen molar-refractivity contribution in [1.29, 1.82) is 0 Å². The normalized spacial score (nSPS) is 17.4. The van der Waals surface area contributed by atoms with Gasteiger partial charge in [0.15, 0.2) is 0 Å². The number of aromatic amines is 1. The summed E-state index contributed by atoms with van der Waals surface area (Å²) in [4.78, 5) is 21.6. The number of nitrogens with zero attached hydrogens (tertiary/aromatic N) is 3. The Morgan fingerprint density at radius 3 is 2.79 bits per heavy atom. The second-order valence-electron chi connectivity index (χ2n) is 6.88. The summed E-state index contributed by atoms with van der Waals surface area (Å²) >= 11 is 12.4. The molecule has 9 heteroatoms. The molecule has 1 aromatic heterocycles. The van der Waals surface area contributed by atoms with Crippen molar-refractivity contribution >= 4 is 35.2 Å². The average Bonchev–Trinajstić information content (AvgIpc) is 2.96. The minimum atomic E-state index is -0.360. The molecule has 3 rings (SSSR count). The van der Waals surface area contributed by atoms with Gasteiger partial charge in [0.1, 0.15) is 17.3 Å². The molecule has 2 aromatic rings. The Labute approximate surface area is 173 Å². The fourth-order valence-corrected chi connectivity index (χ4v) is 3.83. The van der Waals surface area contributed by atoms with Gasteiger partial charge in [0, 0.05) is 28.7 Å². The van der Waals surface area contributed by atoms with E-state index >= 15 is 0 Å². The smallest absolute Gasteiger partial charge is 0.327 e. The molecule has 1 aliphatic heterocycles. The van der Waals surface area contributed by atoms with Gasteiger partial charge >= 0.3 is 5.69 Å². The molecule has 2 heterocycles. The van der Waals surface area contributed by atoms with Crippen molar-refractivity contribution in [2.45, 2.75) is 19.4 Å². The van der Waals surface area contributed by atoms with Gasteiger partial charge in [0.2, 0.25) is 0 Å². The van der Waals surface area contributed by atoms with Crippen molar-refractivity contribution in [2.24, 2.45) is 16.6 Å². The first-order chi connectivity index (χ1) is 13.4. The number of H-pyrrole nitrogens is 1. The first-order valence-electron chi connectivity index (χ1n) is 9.09. The molecule has 7 nitrogen and oxygen atoms in total.